The van der Waals surface area contributed by atoms with E-state index in [-0.39, 0.29) is 24.5 Å². The average Bonchev–Trinajstić information content (AvgIpc) is 2.27. The molecule has 0 spiro atoms. The van der Waals surface area contributed by atoms with Crippen LogP contribution in [0.25, 0.3) is 0 Å². The number of hydrogen-bond acceptors (Lipinski definition) is 4. The van der Waals surface area contributed by atoms with Gasteiger partial charge >= 0.3 is 12.1 Å². The summed E-state index contributed by atoms with van der Waals surface area (Å²) in [6.45, 7) is 8.64. The summed E-state index contributed by atoms with van der Waals surface area (Å²) in [7, 11) is 0. The summed E-state index contributed by atoms with van der Waals surface area (Å²) in [6.07, 6.45) is 0.619. The van der Waals surface area contributed by atoms with Crippen LogP contribution in [0.2, 0.25) is 0 Å². The quantitative estimate of drug-likeness (QED) is 0.645. The molecule has 0 N–H and O–H groups in total. The summed E-state index contributed by atoms with van der Waals surface area (Å²) in [4.78, 5) is 24.5. The summed E-state index contributed by atoms with van der Waals surface area (Å²) >= 11 is 0. The number of esters is 1. The second-order valence-electron chi connectivity index (χ2n) is 3.76. The predicted molar refractivity (Wildman–Crippen MR) is 64.7 cm³/mol. The summed E-state index contributed by atoms with van der Waals surface area (Å²) in [5, 5.41) is 0. The summed E-state index contributed by atoms with van der Waals surface area (Å²) in [6, 6.07) is -0.205. The van der Waals surface area contributed by atoms with Crippen LogP contribution in [0.3, 0.4) is 0 Å². The third-order valence-corrected chi connectivity index (χ3v) is 2.30. The molecule has 100 valence electrons. The Labute approximate surface area is 103 Å². The maximum absolute atomic E-state index is 11.6. The van der Waals surface area contributed by atoms with Crippen molar-refractivity contribution in [3.63, 3.8) is 0 Å². The lowest BCUT2D eigenvalue weighted by Crippen LogP contribution is -2.40. The molecule has 0 saturated heterocycles. The highest BCUT2D eigenvalue weighted by molar-refractivity contribution is 5.72. The van der Waals surface area contributed by atoms with Crippen LogP contribution in [-0.2, 0) is 14.3 Å². The van der Waals surface area contributed by atoms with Gasteiger partial charge in [-0.25, -0.2) is 4.79 Å². The van der Waals surface area contributed by atoms with Crippen LogP contribution >= 0.6 is 0 Å². The van der Waals surface area contributed by atoms with E-state index >= 15 is 0 Å². The summed E-state index contributed by atoms with van der Waals surface area (Å²) in [5.74, 6) is -0.276. The fraction of sp³-hybridized carbons (Fsp3) is 0.833. The number of nitrogens with zero attached hydrogens (tertiary/aromatic N) is 1. The first-order chi connectivity index (χ1) is 8.06. The fourth-order valence-corrected chi connectivity index (χ4v) is 1.45. The Kier molecular flexibility index (Phi) is 8.19. The van der Waals surface area contributed by atoms with E-state index in [0.717, 1.165) is 6.42 Å². The van der Waals surface area contributed by atoms with E-state index < -0.39 is 0 Å². The second kappa shape index (κ2) is 8.84. The minimum atomic E-state index is -0.384. The van der Waals surface area contributed by atoms with Gasteiger partial charge < -0.3 is 14.4 Å². The molecule has 0 aromatic heterocycles. The van der Waals surface area contributed by atoms with Crippen LogP contribution in [0.15, 0.2) is 0 Å². The van der Waals surface area contributed by atoms with Crippen molar-refractivity contribution in [2.24, 2.45) is 0 Å². The van der Waals surface area contributed by atoms with Crippen molar-refractivity contribution in [3.05, 3.63) is 0 Å². The minimum absolute atomic E-state index is 0.201. The smallest absolute Gasteiger partial charge is 0.409 e. The first-order valence-electron chi connectivity index (χ1n) is 6.15. The molecule has 17 heavy (non-hydrogen) atoms. The van der Waals surface area contributed by atoms with Crippen LogP contribution in [0.5, 0.6) is 0 Å². The van der Waals surface area contributed by atoms with E-state index in [1.165, 1.54) is 4.90 Å². The van der Waals surface area contributed by atoms with Gasteiger partial charge in [-0.05, 0) is 27.2 Å². The normalized spacial score (nSPS) is 11.8. The van der Waals surface area contributed by atoms with E-state index in [2.05, 4.69) is 0 Å². The van der Waals surface area contributed by atoms with Crippen LogP contribution < -0.4 is 0 Å². The fourth-order valence-electron chi connectivity index (χ4n) is 1.45. The molecular weight excluding hydrogens is 222 g/mol. The van der Waals surface area contributed by atoms with Gasteiger partial charge in [-0.15, -0.1) is 0 Å². The van der Waals surface area contributed by atoms with Crippen molar-refractivity contribution in [1.29, 1.82) is 0 Å². The minimum Gasteiger partial charge on any atom is -0.466 e. The first kappa shape index (κ1) is 15.7. The Morgan fingerprint density at radius 3 is 2.29 bits per heavy atom. The van der Waals surface area contributed by atoms with Gasteiger partial charge in [0.15, 0.2) is 0 Å². The lowest BCUT2D eigenvalue weighted by molar-refractivity contribution is -0.144. The number of carbonyl (C=O) groups excluding carboxylic acids is 2. The number of ether oxygens (including phenoxy) is 2. The Morgan fingerprint density at radius 2 is 1.82 bits per heavy atom. The van der Waals surface area contributed by atoms with Crippen LogP contribution in [0.1, 0.15) is 40.5 Å². The van der Waals surface area contributed by atoms with Crippen LogP contribution in [0.4, 0.5) is 4.79 Å². The van der Waals surface area contributed by atoms with Gasteiger partial charge in [0.2, 0.25) is 0 Å². The molecule has 0 saturated carbocycles. The number of rotatable bonds is 7. The van der Waals surface area contributed by atoms with E-state index in [0.29, 0.717) is 19.8 Å². The van der Waals surface area contributed by atoms with E-state index in [1.54, 1.807) is 6.92 Å². The highest BCUT2D eigenvalue weighted by Gasteiger charge is 2.22. The largest absolute Gasteiger partial charge is 0.466 e. The van der Waals surface area contributed by atoms with Gasteiger partial charge in [0, 0.05) is 12.6 Å². The molecule has 0 aromatic carbocycles. The van der Waals surface area contributed by atoms with E-state index in [1.807, 2.05) is 20.8 Å². The highest BCUT2D eigenvalue weighted by atomic mass is 16.6. The third-order valence-electron chi connectivity index (χ3n) is 2.30. The monoisotopic (exact) mass is 245 g/mol. The summed E-state index contributed by atoms with van der Waals surface area (Å²) in [5.41, 5.74) is 0. The van der Waals surface area contributed by atoms with E-state index in [4.69, 9.17) is 9.47 Å². The SMILES string of the molecule is CCCOC(=O)CC(C)N(CC)C(=O)OCC. The predicted octanol–water partition coefficient (Wildman–Crippen LogP) is 2.20. The maximum atomic E-state index is 11.6. The molecule has 5 heteroatoms. The number of amides is 1. The lowest BCUT2D eigenvalue weighted by Gasteiger charge is -2.26. The Balaban J connectivity index is 4.19. The summed E-state index contributed by atoms with van der Waals surface area (Å²) < 4.78 is 9.89. The lowest BCUT2D eigenvalue weighted by atomic mass is 10.2. The molecule has 0 fully saturated rings. The standard InChI is InChI=1S/C12H23NO4/c1-5-8-17-11(14)9-10(4)13(6-2)12(15)16-7-3/h10H,5-9H2,1-4H3. The van der Waals surface area contributed by atoms with Gasteiger partial charge in [-0.1, -0.05) is 6.92 Å². The van der Waals surface area contributed by atoms with Gasteiger partial charge in [0.25, 0.3) is 0 Å². The molecular formula is C12H23NO4. The molecule has 0 bridgehead atoms. The molecule has 1 unspecified atom stereocenters. The molecule has 0 aromatic rings. The zero-order valence-electron chi connectivity index (χ0n) is 11.2. The van der Waals surface area contributed by atoms with Gasteiger partial charge in [-0.3, -0.25) is 4.79 Å². The molecule has 0 rings (SSSR count). The van der Waals surface area contributed by atoms with Gasteiger partial charge in [-0.2, -0.15) is 0 Å². The third kappa shape index (κ3) is 6.14. The molecule has 1 atom stereocenters. The van der Waals surface area contributed by atoms with Crippen molar-refractivity contribution < 1.29 is 19.1 Å². The molecule has 0 radical (unpaired) electrons. The molecule has 5 nitrogen and oxygen atoms in total. The van der Waals surface area contributed by atoms with Crippen molar-refractivity contribution in [1.82, 2.24) is 4.90 Å². The number of carbonyl (C=O) groups is 2. The molecule has 0 aliphatic heterocycles. The molecule has 0 aliphatic carbocycles. The van der Waals surface area contributed by atoms with Crippen molar-refractivity contribution in [2.45, 2.75) is 46.6 Å². The average molecular weight is 245 g/mol. The Bertz CT molecular complexity index is 243. The second-order valence-corrected chi connectivity index (χ2v) is 3.76. The Hall–Kier alpha value is -1.26. The zero-order valence-corrected chi connectivity index (χ0v) is 11.2. The topological polar surface area (TPSA) is 55.8 Å². The van der Waals surface area contributed by atoms with Crippen molar-refractivity contribution in [3.8, 4) is 0 Å². The number of hydrogen-bond donors (Lipinski definition) is 0. The van der Waals surface area contributed by atoms with Crippen LogP contribution in [0, 0.1) is 0 Å². The van der Waals surface area contributed by atoms with Gasteiger partial charge in [0.05, 0.1) is 19.6 Å². The van der Waals surface area contributed by atoms with Crippen molar-refractivity contribution in [2.75, 3.05) is 19.8 Å². The maximum Gasteiger partial charge on any atom is 0.409 e. The molecule has 0 aliphatic rings. The van der Waals surface area contributed by atoms with Crippen molar-refractivity contribution >= 4 is 12.1 Å². The van der Waals surface area contributed by atoms with Crippen LogP contribution in [-0.4, -0.2) is 42.8 Å². The Morgan fingerprint density at radius 1 is 1.18 bits per heavy atom. The van der Waals surface area contributed by atoms with E-state index in [9.17, 15) is 9.59 Å². The van der Waals surface area contributed by atoms with Gasteiger partial charge in [0.1, 0.15) is 0 Å². The zero-order chi connectivity index (χ0) is 13.3. The highest BCUT2D eigenvalue weighted by Crippen LogP contribution is 2.07. The molecule has 1 amide bonds. The molecule has 0 heterocycles. The first-order valence-corrected chi connectivity index (χ1v) is 6.15.